The Morgan fingerprint density at radius 3 is 2.80 bits per heavy atom. The van der Waals surface area contributed by atoms with Gasteiger partial charge in [0.1, 0.15) is 17.1 Å². The van der Waals surface area contributed by atoms with Crippen molar-refractivity contribution in [2.45, 2.75) is 39.2 Å². The molecule has 0 fully saturated rings. The Kier molecular flexibility index (Phi) is 3.86. The minimum absolute atomic E-state index is 0.00765. The van der Waals surface area contributed by atoms with Crippen LogP contribution in [0.25, 0.3) is 0 Å². The number of rotatable bonds is 3. The fourth-order valence-corrected chi connectivity index (χ4v) is 2.29. The topological polar surface area (TPSA) is 66.8 Å². The second-order valence-corrected chi connectivity index (χ2v) is 5.86. The summed E-state index contributed by atoms with van der Waals surface area (Å²) in [6.45, 7) is 5.57. The Morgan fingerprint density at radius 1 is 1.45 bits per heavy atom. The number of carbonyl (C=O) groups is 1. The van der Waals surface area contributed by atoms with Crippen molar-refractivity contribution in [3.8, 4) is 11.5 Å². The Morgan fingerprint density at radius 2 is 2.15 bits per heavy atom. The van der Waals surface area contributed by atoms with Crippen molar-refractivity contribution in [2.24, 2.45) is 0 Å². The van der Waals surface area contributed by atoms with Crippen molar-refractivity contribution in [1.29, 1.82) is 0 Å². The fraction of sp³-hybridized carbons (Fsp3) is 0.438. The molecule has 1 aliphatic rings. The molecular formula is C16H20O4. The van der Waals surface area contributed by atoms with Gasteiger partial charge in [-0.05, 0) is 39.3 Å². The normalized spacial score (nSPS) is 17.6. The van der Waals surface area contributed by atoms with Gasteiger partial charge in [-0.1, -0.05) is 11.6 Å². The molecule has 1 aliphatic heterocycles. The van der Waals surface area contributed by atoms with E-state index >= 15 is 0 Å². The van der Waals surface area contributed by atoms with Crippen LogP contribution < -0.4 is 4.74 Å². The molecule has 0 unspecified atom stereocenters. The third-order valence-corrected chi connectivity index (χ3v) is 3.34. The number of allylic oxidation sites excluding steroid dienone is 1. The van der Waals surface area contributed by atoms with Gasteiger partial charge in [-0.25, -0.2) is 0 Å². The summed E-state index contributed by atoms with van der Waals surface area (Å²) in [4.78, 5) is 12.2. The number of phenolic OH excluding ortho intramolecular Hbond substituents is 1. The van der Waals surface area contributed by atoms with Gasteiger partial charge in [0.25, 0.3) is 0 Å². The van der Waals surface area contributed by atoms with Gasteiger partial charge in [-0.15, -0.1) is 0 Å². The number of fused-ring (bicyclic) bond motifs is 1. The van der Waals surface area contributed by atoms with Crippen LogP contribution in [0, 0.1) is 0 Å². The molecule has 0 saturated heterocycles. The number of ketones is 1. The predicted molar refractivity (Wildman–Crippen MR) is 76.3 cm³/mol. The number of aliphatic hydroxyl groups excluding tert-OH is 1. The first-order valence-corrected chi connectivity index (χ1v) is 6.67. The molecular weight excluding hydrogens is 256 g/mol. The first-order chi connectivity index (χ1) is 9.32. The summed E-state index contributed by atoms with van der Waals surface area (Å²) in [7, 11) is 0. The standard InChI is InChI=1S/C16H20O4/c1-10(9-17)4-5-11-6-12(18)7-13-14(19)8-16(2,3)20-15(11)13/h4,6-7,17-18H,5,8-9H2,1-3H3/b10-4-. The molecule has 0 saturated carbocycles. The summed E-state index contributed by atoms with van der Waals surface area (Å²) in [5.41, 5.74) is 1.50. The molecule has 0 radical (unpaired) electrons. The van der Waals surface area contributed by atoms with Crippen LogP contribution in [0.5, 0.6) is 11.5 Å². The minimum atomic E-state index is -0.536. The number of hydrogen-bond donors (Lipinski definition) is 2. The zero-order valence-electron chi connectivity index (χ0n) is 12.1. The van der Waals surface area contributed by atoms with Crippen molar-refractivity contribution in [1.82, 2.24) is 0 Å². The summed E-state index contributed by atoms with van der Waals surface area (Å²) in [6.07, 6.45) is 2.67. The van der Waals surface area contributed by atoms with E-state index in [1.54, 1.807) is 6.07 Å². The molecule has 0 bridgehead atoms. The lowest BCUT2D eigenvalue weighted by atomic mass is 9.90. The van der Waals surface area contributed by atoms with Crippen molar-refractivity contribution in [3.05, 3.63) is 34.9 Å². The first kappa shape index (κ1) is 14.6. The van der Waals surface area contributed by atoms with Gasteiger partial charge >= 0.3 is 0 Å². The first-order valence-electron chi connectivity index (χ1n) is 6.67. The summed E-state index contributed by atoms with van der Waals surface area (Å²) in [6, 6.07) is 3.06. The Hall–Kier alpha value is -1.81. The van der Waals surface area contributed by atoms with Crippen LogP contribution in [0.2, 0.25) is 0 Å². The van der Waals surface area contributed by atoms with Crippen molar-refractivity contribution in [2.75, 3.05) is 6.61 Å². The van der Waals surface area contributed by atoms with Crippen LogP contribution in [-0.4, -0.2) is 28.2 Å². The number of aromatic hydroxyl groups is 1. The van der Waals surface area contributed by atoms with Crippen LogP contribution in [-0.2, 0) is 6.42 Å². The highest BCUT2D eigenvalue weighted by Gasteiger charge is 2.34. The Bertz CT molecular complexity index is 570. The monoisotopic (exact) mass is 276 g/mol. The number of carbonyl (C=O) groups excluding carboxylic acids is 1. The second kappa shape index (κ2) is 5.29. The maximum Gasteiger partial charge on any atom is 0.170 e. The Labute approximate surface area is 118 Å². The van der Waals surface area contributed by atoms with E-state index in [2.05, 4.69) is 0 Å². The van der Waals surface area contributed by atoms with Gasteiger partial charge in [-0.2, -0.15) is 0 Å². The van der Waals surface area contributed by atoms with E-state index in [1.807, 2.05) is 26.8 Å². The molecule has 108 valence electrons. The molecule has 2 rings (SSSR count). The lowest BCUT2D eigenvalue weighted by molar-refractivity contribution is 0.0613. The van der Waals surface area contributed by atoms with Gasteiger partial charge in [0, 0.05) is 5.56 Å². The van der Waals surface area contributed by atoms with Crippen LogP contribution in [0.3, 0.4) is 0 Å². The molecule has 2 N–H and O–H groups in total. The molecule has 1 aromatic carbocycles. The summed E-state index contributed by atoms with van der Waals surface area (Å²) < 4.78 is 5.92. The van der Waals surface area contributed by atoms with E-state index in [9.17, 15) is 9.90 Å². The number of benzene rings is 1. The highest BCUT2D eigenvalue weighted by Crippen LogP contribution is 2.38. The molecule has 4 heteroatoms. The van der Waals surface area contributed by atoms with Crippen LogP contribution in [0.4, 0.5) is 0 Å². The largest absolute Gasteiger partial charge is 0.508 e. The molecule has 20 heavy (non-hydrogen) atoms. The van der Waals surface area contributed by atoms with Crippen LogP contribution in [0.15, 0.2) is 23.8 Å². The SMILES string of the molecule is C/C(=C/Cc1cc(O)cc2c1OC(C)(C)CC2=O)CO. The number of aliphatic hydroxyl groups is 1. The van der Waals surface area contributed by atoms with E-state index in [1.165, 1.54) is 6.07 Å². The van der Waals surface area contributed by atoms with E-state index in [0.29, 0.717) is 24.2 Å². The summed E-state index contributed by atoms with van der Waals surface area (Å²) in [5, 5.41) is 18.8. The lowest BCUT2D eigenvalue weighted by Gasteiger charge is -2.33. The third-order valence-electron chi connectivity index (χ3n) is 3.34. The fourth-order valence-electron chi connectivity index (χ4n) is 2.29. The van der Waals surface area contributed by atoms with Gasteiger partial charge in [0.05, 0.1) is 18.6 Å². The van der Waals surface area contributed by atoms with E-state index < -0.39 is 5.60 Å². The quantitative estimate of drug-likeness (QED) is 0.833. The molecule has 4 nitrogen and oxygen atoms in total. The average molecular weight is 276 g/mol. The third kappa shape index (κ3) is 3.02. The van der Waals surface area contributed by atoms with Gasteiger partial charge in [0.15, 0.2) is 5.78 Å². The maximum absolute atomic E-state index is 12.2. The van der Waals surface area contributed by atoms with E-state index in [0.717, 1.165) is 11.1 Å². The van der Waals surface area contributed by atoms with Crippen molar-refractivity contribution in [3.63, 3.8) is 0 Å². The number of ether oxygens (including phenoxy) is 1. The number of Topliss-reactive ketones (excluding diaryl/α,β-unsaturated/α-hetero) is 1. The zero-order valence-corrected chi connectivity index (χ0v) is 12.1. The van der Waals surface area contributed by atoms with E-state index in [4.69, 9.17) is 9.84 Å². The van der Waals surface area contributed by atoms with Gasteiger partial charge < -0.3 is 14.9 Å². The minimum Gasteiger partial charge on any atom is -0.508 e. The highest BCUT2D eigenvalue weighted by atomic mass is 16.5. The molecule has 0 atom stereocenters. The number of hydrogen-bond acceptors (Lipinski definition) is 4. The average Bonchev–Trinajstić information content (AvgIpc) is 2.36. The Balaban J connectivity index is 2.46. The van der Waals surface area contributed by atoms with Crippen molar-refractivity contribution < 1.29 is 19.7 Å². The molecule has 1 heterocycles. The molecule has 0 spiro atoms. The highest BCUT2D eigenvalue weighted by molar-refractivity contribution is 6.01. The molecule has 0 aliphatic carbocycles. The molecule has 0 aromatic heterocycles. The van der Waals surface area contributed by atoms with Crippen LogP contribution >= 0.6 is 0 Å². The summed E-state index contributed by atoms with van der Waals surface area (Å²) >= 11 is 0. The van der Waals surface area contributed by atoms with Crippen LogP contribution in [0.1, 0.15) is 43.1 Å². The molecule has 0 amide bonds. The maximum atomic E-state index is 12.2. The van der Waals surface area contributed by atoms with Gasteiger partial charge in [-0.3, -0.25) is 4.79 Å². The second-order valence-electron chi connectivity index (χ2n) is 5.86. The smallest absolute Gasteiger partial charge is 0.170 e. The summed E-state index contributed by atoms with van der Waals surface area (Å²) in [5.74, 6) is 0.591. The van der Waals surface area contributed by atoms with E-state index in [-0.39, 0.29) is 18.1 Å². The van der Waals surface area contributed by atoms with Gasteiger partial charge in [0.2, 0.25) is 0 Å². The zero-order chi connectivity index (χ0) is 14.9. The van der Waals surface area contributed by atoms with Crippen molar-refractivity contribution >= 4 is 5.78 Å². The number of phenols is 1. The predicted octanol–water partition coefficient (Wildman–Crippen LogP) is 2.62. The molecule has 1 aromatic rings. The lowest BCUT2D eigenvalue weighted by Crippen LogP contribution is -2.36.